The van der Waals surface area contributed by atoms with Gasteiger partial charge in [0.2, 0.25) is 0 Å². The number of hydrogen-bond acceptors (Lipinski definition) is 4. The third-order valence-corrected chi connectivity index (χ3v) is 2.34. The zero-order valence-corrected chi connectivity index (χ0v) is 8.88. The average molecular weight is 213 g/mol. The van der Waals surface area contributed by atoms with Gasteiger partial charge in [-0.15, -0.1) is 5.10 Å². The number of nitrogens with zero attached hydrogens (tertiary/aromatic N) is 4. The molecule has 0 unspecified atom stereocenters. The summed E-state index contributed by atoms with van der Waals surface area (Å²) in [6, 6.07) is 9.67. The molecule has 80 valence electrons. The van der Waals surface area contributed by atoms with Crippen molar-refractivity contribution in [2.24, 2.45) is 5.73 Å². The second-order valence-corrected chi connectivity index (χ2v) is 3.51. The predicted molar refractivity (Wildman–Crippen MR) is 60.0 cm³/mol. The molecule has 0 saturated carbocycles. The highest BCUT2D eigenvalue weighted by Gasteiger charge is 2.06. The molecule has 5 heteroatoms. The van der Waals surface area contributed by atoms with Crippen molar-refractivity contribution in [3.8, 4) is 6.07 Å². The van der Waals surface area contributed by atoms with Gasteiger partial charge in [0.1, 0.15) is 5.52 Å². The number of allylic oxidation sites excluding steroid dienone is 2. The van der Waals surface area contributed by atoms with E-state index < -0.39 is 0 Å². The average Bonchev–Trinajstić information content (AvgIpc) is 2.69. The van der Waals surface area contributed by atoms with Crippen LogP contribution in [-0.2, 0) is 6.54 Å². The van der Waals surface area contributed by atoms with Crippen molar-refractivity contribution in [2.45, 2.75) is 13.5 Å². The maximum Gasteiger partial charge on any atom is 0.113 e. The van der Waals surface area contributed by atoms with E-state index in [0.717, 1.165) is 11.0 Å². The standard InChI is InChI=1S/C11H11N5/c1-8(13)9(6-12)7-16-11-5-3-2-4-10(11)14-15-16/h2-5H,7,13H2,1H3. The lowest BCUT2D eigenvalue weighted by molar-refractivity contribution is 0.666. The first kappa shape index (κ1) is 10.2. The predicted octanol–water partition coefficient (Wildman–Crippen LogP) is 1.19. The molecule has 0 spiro atoms. The lowest BCUT2D eigenvalue weighted by atomic mass is 10.2. The lowest BCUT2D eigenvalue weighted by Gasteiger charge is -2.02. The second kappa shape index (κ2) is 4.03. The maximum absolute atomic E-state index is 8.92. The number of nitriles is 1. The molecule has 0 amide bonds. The first-order valence-electron chi connectivity index (χ1n) is 4.86. The molecule has 0 aliphatic carbocycles. The topological polar surface area (TPSA) is 80.5 Å². The van der Waals surface area contributed by atoms with Crippen molar-refractivity contribution in [3.05, 3.63) is 35.5 Å². The number of rotatable bonds is 2. The summed E-state index contributed by atoms with van der Waals surface area (Å²) in [5.41, 5.74) is 8.34. The molecule has 0 bridgehead atoms. The minimum absolute atomic E-state index is 0.360. The summed E-state index contributed by atoms with van der Waals surface area (Å²) in [5, 5.41) is 16.9. The molecule has 1 heterocycles. The van der Waals surface area contributed by atoms with E-state index in [0.29, 0.717) is 17.8 Å². The van der Waals surface area contributed by atoms with E-state index in [9.17, 15) is 0 Å². The summed E-state index contributed by atoms with van der Waals surface area (Å²) in [6.07, 6.45) is 0. The Bertz CT molecular complexity index is 584. The van der Waals surface area contributed by atoms with Gasteiger partial charge in [0, 0.05) is 5.70 Å². The molecule has 0 aliphatic rings. The van der Waals surface area contributed by atoms with Crippen molar-refractivity contribution in [1.82, 2.24) is 15.0 Å². The van der Waals surface area contributed by atoms with Gasteiger partial charge in [-0.05, 0) is 19.1 Å². The van der Waals surface area contributed by atoms with Crippen LogP contribution in [0.15, 0.2) is 35.5 Å². The lowest BCUT2D eigenvalue weighted by Crippen LogP contribution is -2.07. The number of benzene rings is 1. The van der Waals surface area contributed by atoms with Gasteiger partial charge in [0.15, 0.2) is 0 Å². The van der Waals surface area contributed by atoms with Crippen LogP contribution in [0.1, 0.15) is 6.92 Å². The van der Waals surface area contributed by atoms with Gasteiger partial charge in [-0.1, -0.05) is 17.3 Å². The minimum Gasteiger partial charge on any atom is -0.401 e. The highest BCUT2D eigenvalue weighted by atomic mass is 15.4. The summed E-state index contributed by atoms with van der Waals surface area (Å²) in [6.45, 7) is 2.07. The fraction of sp³-hybridized carbons (Fsp3) is 0.182. The van der Waals surface area contributed by atoms with Crippen molar-refractivity contribution in [1.29, 1.82) is 5.26 Å². The minimum atomic E-state index is 0.360. The summed E-state index contributed by atoms with van der Waals surface area (Å²) in [7, 11) is 0. The Morgan fingerprint density at radius 2 is 2.25 bits per heavy atom. The third-order valence-electron chi connectivity index (χ3n) is 2.34. The van der Waals surface area contributed by atoms with E-state index >= 15 is 0 Å². The largest absolute Gasteiger partial charge is 0.401 e. The van der Waals surface area contributed by atoms with Crippen molar-refractivity contribution < 1.29 is 0 Å². The Morgan fingerprint density at radius 3 is 2.94 bits per heavy atom. The first-order chi connectivity index (χ1) is 7.72. The van der Waals surface area contributed by atoms with E-state index in [1.807, 2.05) is 24.3 Å². The van der Waals surface area contributed by atoms with Gasteiger partial charge >= 0.3 is 0 Å². The smallest absolute Gasteiger partial charge is 0.113 e. The number of para-hydroxylation sites is 1. The Labute approximate surface area is 92.8 Å². The zero-order chi connectivity index (χ0) is 11.5. The zero-order valence-electron chi connectivity index (χ0n) is 8.88. The van der Waals surface area contributed by atoms with Crippen LogP contribution < -0.4 is 5.73 Å². The molecule has 16 heavy (non-hydrogen) atoms. The van der Waals surface area contributed by atoms with Crippen LogP contribution in [0.3, 0.4) is 0 Å². The van der Waals surface area contributed by atoms with Crippen LogP contribution in [0.25, 0.3) is 11.0 Å². The van der Waals surface area contributed by atoms with Crippen LogP contribution >= 0.6 is 0 Å². The van der Waals surface area contributed by atoms with Crippen LogP contribution in [0.5, 0.6) is 0 Å². The third kappa shape index (κ3) is 1.73. The van der Waals surface area contributed by atoms with Gasteiger partial charge in [-0.2, -0.15) is 5.26 Å². The van der Waals surface area contributed by atoms with Gasteiger partial charge < -0.3 is 5.73 Å². The summed E-state index contributed by atoms with van der Waals surface area (Å²) < 4.78 is 1.67. The van der Waals surface area contributed by atoms with Crippen molar-refractivity contribution in [3.63, 3.8) is 0 Å². The Kier molecular flexibility index (Phi) is 2.56. The van der Waals surface area contributed by atoms with Crippen LogP contribution in [0.4, 0.5) is 0 Å². The SMILES string of the molecule is CC(N)=C(C#N)Cn1nnc2ccccc21. The van der Waals surface area contributed by atoms with E-state index in [4.69, 9.17) is 11.0 Å². The number of fused-ring (bicyclic) bond motifs is 1. The molecule has 2 N–H and O–H groups in total. The molecule has 0 radical (unpaired) electrons. The second-order valence-electron chi connectivity index (χ2n) is 3.51. The van der Waals surface area contributed by atoms with Crippen LogP contribution in [0.2, 0.25) is 0 Å². The molecule has 0 atom stereocenters. The molecular weight excluding hydrogens is 202 g/mol. The van der Waals surface area contributed by atoms with E-state index in [-0.39, 0.29) is 0 Å². The number of hydrogen-bond donors (Lipinski definition) is 1. The molecule has 2 rings (SSSR count). The Balaban J connectivity index is 2.43. The fourth-order valence-electron chi connectivity index (χ4n) is 1.43. The quantitative estimate of drug-likeness (QED) is 0.760. The van der Waals surface area contributed by atoms with E-state index in [1.165, 1.54) is 0 Å². The normalized spacial score (nSPS) is 12.2. The van der Waals surface area contributed by atoms with Crippen LogP contribution in [0, 0.1) is 11.3 Å². The highest BCUT2D eigenvalue weighted by molar-refractivity contribution is 5.73. The molecule has 1 aromatic carbocycles. The monoisotopic (exact) mass is 213 g/mol. The Hall–Kier alpha value is -2.35. The van der Waals surface area contributed by atoms with Crippen LogP contribution in [-0.4, -0.2) is 15.0 Å². The summed E-state index contributed by atoms with van der Waals surface area (Å²) in [4.78, 5) is 0. The molecule has 5 nitrogen and oxygen atoms in total. The van der Waals surface area contributed by atoms with Crippen molar-refractivity contribution in [2.75, 3.05) is 0 Å². The summed E-state index contributed by atoms with van der Waals surface area (Å²) in [5.74, 6) is 0. The number of nitrogens with two attached hydrogens (primary N) is 1. The van der Waals surface area contributed by atoms with Gasteiger partial charge in [-0.25, -0.2) is 4.68 Å². The summed E-state index contributed by atoms with van der Waals surface area (Å²) >= 11 is 0. The van der Waals surface area contributed by atoms with Gasteiger partial charge in [-0.3, -0.25) is 0 Å². The van der Waals surface area contributed by atoms with Crippen molar-refractivity contribution >= 4 is 11.0 Å². The first-order valence-corrected chi connectivity index (χ1v) is 4.86. The maximum atomic E-state index is 8.92. The molecular formula is C11H11N5. The molecule has 0 aliphatic heterocycles. The molecule has 0 saturated heterocycles. The van der Waals surface area contributed by atoms with E-state index in [2.05, 4.69) is 16.4 Å². The molecule has 0 fully saturated rings. The molecule has 2 aromatic rings. The fourth-order valence-corrected chi connectivity index (χ4v) is 1.43. The van der Waals surface area contributed by atoms with Gasteiger partial charge in [0.25, 0.3) is 0 Å². The Morgan fingerprint density at radius 1 is 1.50 bits per heavy atom. The van der Waals surface area contributed by atoms with Gasteiger partial charge in [0.05, 0.1) is 23.7 Å². The number of aromatic nitrogens is 3. The molecule has 1 aromatic heterocycles. The highest BCUT2D eigenvalue weighted by Crippen LogP contribution is 2.11. The van der Waals surface area contributed by atoms with E-state index in [1.54, 1.807) is 11.6 Å².